The molecule has 1 N–H and O–H groups in total. The molecule has 0 unspecified atom stereocenters. The van der Waals surface area contributed by atoms with Gasteiger partial charge in [-0.2, -0.15) is 0 Å². The van der Waals surface area contributed by atoms with Gasteiger partial charge in [-0.15, -0.1) is 16.8 Å². The van der Waals surface area contributed by atoms with Gasteiger partial charge >= 0.3 is 0 Å². The van der Waals surface area contributed by atoms with Crippen LogP contribution in [-0.2, 0) is 13.1 Å². The standard InChI is InChI=1S/C10H17N5/c1-2-3-11-4-5-14-6-7-15-9-12-13-10(15)8-14/h2,9,11H,1,3-8H2. The predicted octanol–water partition coefficient (Wildman–Crippen LogP) is -0.131. The summed E-state index contributed by atoms with van der Waals surface area (Å²) in [5.74, 6) is 1.07. The smallest absolute Gasteiger partial charge is 0.147 e. The minimum Gasteiger partial charge on any atom is -0.315 e. The molecule has 0 saturated carbocycles. The molecule has 0 bridgehead atoms. The Hall–Kier alpha value is -1.20. The molecule has 0 amide bonds. The summed E-state index contributed by atoms with van der Waals surface area (Å²) in [6, 6.07) is 0. The van der Waals surface area contributed by atoms with E-state index in [1.54, 1.807) is 0 Å². The van der Waals surface area contributed by atoms with Crippen molar-refractivity contribution in [3.8, 4) is 0 Å². The van der Waals surface area contributed by atoms with Crippen LogP contribution in [0.2, 0.25) is 0 Å². The van der Waals surface area contributed by atoms with Crippen molar-refractivity contribution in [1.82, 2.24) is 25.0 Å². The Morgan fingerprint density at radius 2 is 2.47 bits per heavy atom. The Labute approximate surface area is 89.8 Å². The van der Waals surface area contributed by atoms with Crippen molar-refractivity contribution in [3.63, 3.8) is 0 Å². The maximum absolute atomic E-state index is 4.09. The second-order valence-corrected chi connectivity index (χ2v) is 3.71. The van der Waals surface area contributed by atoms with Crippen LogP contribution < -0.4 is 5.32 Å². The lowest BCUT2D eigenvalue weighted by atomic mass is 10.3. The molecule has 5 nitrogen and oxygen atoms in total. The summed E-state index contributed by atoms with van der Waals surface area (Å²) in [5, 5.41) is 11.3. The molecule has 1 aliphatic heterocycles. The van der Waals surface area contributed by atoms with Crippen LogP contribution in [0.25, 0.3) is 0 Å². The normalized spacial score (nSPS) is 16.3. The fraction of sp³-hybridized carbons (Fsp3) is 0.600. The molecule has 15 heavy (non-hydrogen) atoms. The number of rotatable bonds is 5. The summed E-state index contributed by atoms with van der Waals surface area (Å²) in [7, 11) is 0. The highest BCUT2D eigenvalue weighted by Gasteiger charge is 2.16. The first-order chi connectivity index (χ1) is 7.40. The van der Waals surface area contributed by atoms with Crippen molar-refractivity contribution in [3.05, 3.63) is 24.8 Å². The highest BCUT2D eigenvalue weighted by atomic mass is 15.3. The zero-order chi connectivity index (χ0) is 10.5. The minimum absolute atomic E-state index is 0.879. The lowest BCUT2D eigenvalue weighted by Gasteiger charge is -2.26. The van der Waals surface area contributed by atoms with Crippen LogP contribution in [0.4, 0.5) is 0 Å². The molecule has 82 valence electrons. The Morgan fingerprint density at radius 3 is 3.33 bits per heavy atom. The van der Waals surface area contributed by atoms with E-state index >= 15 is 0 Å². The van der Waals surface area contributed by atoms with E-state index in [2.05, 4.69) is 31.6 Å². The Bertz CT molecular complexity index is 319. The Morgan fingerprint density at radius 1 is 1.53 bits per heavy atom. The average Bonchev–Trinajstić information content (AvgIpc) is 2.71. The fourth-order valence-corrected chi connectivity index (χ4v) is 1.75. The molecule has 0 aromatic carbocycles. The summed E-state index contributed by atoms with van der Waals surface area (Å²) in [4.78, 5) is 2.39. The zero-order valence-corrected chi connectivity index (χ0v) is 8.89. The molecular formula is C10H17N5. The van der Waals surface area contributed by atoms with E-state index in [1.165, 1.54) is 0 Å². The number of nitrogens with zero attached hydrogens (tertiary/aromatic N) is 4. The summed E-state index contributed by atoms with van der Waals surface area (Å²) in [5.41, 5.74) is 0. The molecule has 0 radical (unpaired) electrons. The zero-order valence-electron chi connectivity index (χ0n) is 8.89. The molecule has 0 saturated heterocycles. The first kappa shape index (κ1) is 10.3. The van der Waals surface area contributed by atoms with Crippen LogP contribution >= 0.6 is 0 Å². The van der Waals surface area contributed by atoms with Gasteiger partial charge in [0.05, 0.1) is 6.54 Å². The average molecular weight is 207 g/mol. The van der Waals surface area contributed by atoms with Crippen LogP contribution in [0.5, 0.6) is 0 Å². The molecule has 0 atom stereocenters. The largest absolute Gasteiger partial charge is 0.315 e. The number of aromatic nitrogens is 3. The van der Waals surface area contributed by atoms with Crippen molar-refractivity contribution in [2.75, 3.05) is 26.2 Å². The number of fused-ring (bicyclic) bond motifs is 1. The molecule has 2 rings (SSSR count). The third-order valence-corrected chi connectivity index (χ3v) is 2.61. The van der Waals surface area contributed by atoms with E-state index in [1.807, 2.05) is 12.4 Å². The van der Waals surface area contributed by atoms with Gasteiger partial charge in [-0.05, 0) is 0 Å². The lowest BCUT2D eigenvalue weighted by Crippen LogP contribution is -2.38. The van der Waals surface area contributed by atoms with E-state index in [9.17, 15) is 0 Å². The van der Waals surface area contributed by atoms with E-state index in [0.29, 0.717) is 0 Å². The Kier molecular flexibility index (Phi) is 3.47. The van der Waals surface area contributed by atoms with Crippen molar-refractivity contribution < 1.29 is 0 Å². The van der Waals surface area contributed by atoms with Gasteiger partial charge in [0.1, 0.15) is 12.2 Å². The molecule has 0 aliphatic carbocycles. The van der Waals surface area contributed by atoms with Crippen molar-refractivity contribution in [1.29, 1.82) is 0 Å². The monoisotopic (exact) mass is 207 g/mol. The molecule has 2 heterocycles. The van der Waals surface area contributed by atoms with Gasteiger partial charge in [-0.1, -0.05) is 6.08 Å². The molecule has 1 aliphatic rings. The van der Waals surface area contributed by atoms with Crippen LogP contribution in [0.3, 0.4) is 0 Å². The van der Waals surface area contributed by atoms with Crippen molar-refractivity contribution in [2.24, 2.45) is 0 Å². The second-order valence-electron chi connectivity index (χ2n) is 3.71. The molecule has 0 spiro atoms. The van der Waals surface area contributed by atoms with Crippen LogP contribution in [0, 0.1) is 0 Å². The number of hydrogen-bond donors (Lipinski definition) is 1. The maximum atomic E-state index is 4.09. The van der Waals surface area contributed by atoms with Crippen LogP contribution in [-0.4, -0.2) is 45.8 Å². The third-order valence-electron chi connectivity index (χ3n) is 2.61. The molecule has 1 aromatic heterocycles. The van der Waals surface area contributed by atoms with Gasteiger partial charge in [-0.3, -0.25) is 4.90 Å². The van der Waals surface area contributed by atoms with Gasteiger partial charge in [0.15, 0.2) is 0 Å². The quantitative estimate of drug-likeness (QED) is 0.539. The van der Waals surface area contributed by atoms with Gasteiger partial charge < -0.3 is 9.88 Å². The van der Waals surface area contributed by atoms with E-state index in [0.717, 1.165) is 45.1 Å². The number of nitrogens with one attached hydrogen (secondary N) is 1. The highest BCUT2D eigenvalue weighted by molar-refractivity contribution is 4.89. The topological polar surface area (TPSA) is 46.0 Å². The predicted molar refractivity (Wildman–Crippen MR) is 58.4 cm³/mol. The van der Waals surface area contributed by atoms with Crippen molar-refractivity contribution in [2.45, 2.75) is 13.1 Å². The summed E-state index contributed by atoms with van der Waals surface area (Å²) in [6.07, 6.45) is 3.69. The first-order valence-electron chi connectivity index (χ1n) is 5.31. The minimum atomic E-state index is 0.879. The number of hydrogen-bond acceptors (Lipinski definition) is 4. The second kappa shape index (κ2) is 5.04. The summed E-state index contributed by atoms with van der Waals surface area (Å²) < 4.78 is 2.12. The first-order valence-corrected chi connectivity index (χ1v) is 5.31. The van der Waals surface area contributed by atoms with E-state index in [4.69, 9.17) is 0 Å². The molecule has 5 heteroatoms. The third kappa shape index (κ3) is 2.64. The summed E-state index contributed by atoms with van der Waals surface area (Å²) >= 11 is 0. The molecular weight excluding hydrogens is 190 g/mol. The van der Waals surface area contributed by atoms with Gasteiger partial charge in [0.2, 0.25) is 0 Å². The van der Waals surface area contributed by atoms with E-state index < -0.39 is 0 Å². The molecule has 1 aromatic rings. The van der Waals surface area contributed by atoms with Gasteiger partial charge in [0, 0.05) is 32.7 Å². The highest BCUT2D eigenvalue weighted by Crippen LogP contribution is 2.07. The van der Waals surface area contributed by atoms with E-state index in [-0.39, 0.29) is 0 Å². The van der Waals surface area contributed by atoms with Gasteiger partial charge in [-0.25, -0.2) is 0 Å². The Balaban J connectivity index is 1.75. The molecule has 0 fully saturated rings. The van der Waals surface area contributed by atoms with Gasteiger partial charge in [0.25, 0.3) is 0 Å². The lowest BCUT2D eigenvalue weighted by molar-refractivity contribution is 0.218. The van der Waals surface area contributed by atoms with Crippen LogP contribution in [0.1, 0.15) is 5.82 Å². The van der Waals surface area contributed by atoms with Crippen LogP contribution in [0.15, 0.2) is 19.0 Å². The fourth-order valence-electron chi connectivity index (χ4n) is 1.75. The maximum Gasteiger partial charge on any atom is 0.147 e. The van der Waals surface area contributed by atoms with Crippen molar-refractivity contribution >= 4 is 0 Å². The summed E-state index contributed by atoms with van der Waals surface area (Å²) in [6.45, 7) is 9.61. The SMILES string of the molecule is C=CCNCCN1CCn2cnnc2C1.